The molecule has 0 aliphatic rings. The van der Waals surface area contributed by atoms with E-state index in [1.807, 2.05) is 20.0 Å². The lowest BCUT2D eigenvalue weighted by Gasteiger charge is -2.18. The van der Waals surface area contributed by atoms with Crippen molar-refractivity contribution in [3.8, 4) is 0 Å². The summed E-state index contributed by atoms with van der Waals surface area (Å²) in [7, 11) is 2.04. The van der Waals surface area contributed by atoms with Crippen LogP contribution in [0.25, 0.3) is 10.3 Å². The molecule has 0 saturated heterocycles. The third-order valence-electron chi connectivity index (χ3n) is 2.25. The van der Waals surface area contributed by atoms with Gasteiger partial charge in [-0.3, -0.25) is 0 Å². The molecule has 0 fully saturated rings. The fourth-order valence-electron chi connectivity index (χ4n) is 1.54. The maximum Gasteiger partial charge on any atom is 0.172 e. The Morgan fingerprint density at radius 2 is 2.33 bits per heavy atom. The van der Waals surface area contributed by atoms with Crippen molar-refractivity contribution in [1.29, 1.82) is 0 Å². The Labute approximate surface area is 92.8 Å². The predicted molar refractivity (Wildman–Crippen MR) is 64.5 cm³/mol. The monoisotopic (exact) mass is 222 g/mol. The Hall–Kier alpha value is -1.20. The first-order valence-corrected chi connectivity index (χ1v) is 5.67. The van der Waals surface area contributed by atoms with Gasteiger partial charge in [0, 0.05) is 26.3 Å². The Morgan fingerprint density at radius 1 is 1.53 bits per heavy atom. The number of hydrogen-bond acceptors (Lipinski definition) is 5. The van der Waals surface area contributed by atoms with Crippen LogP contribution in [0.2, 0.25) is 0 Å². The van der Waals surface area contributed by atoms with Crippen molar-refractivity contribution in [3.63, 3.8) is 0 Å². The summed E-state index contributed by atoms with van der Waals surface area (Å²) in [4.78, 5) is 10.8. The van der Waals surface area contributed by atoms with Crippen LogP contribution in [0.1, 0.15) is 5.01 Å². The summed E-state index contributed by atoms with van der Waals surface area (Å²) >= 11 is 1.68. The van der Waals surface area contributed by atoms with E-state index in [2.05, 4.69) is 14.9 Å². The van der Waals surface area contributed by atoms with E-state index in [-0.39, 0.29) is 0 Å². The second-order valence-corrected chi connectivity index (χ2v) is 4.63. The summed E-state index contributed by atoms with van der Waals surface area (Å²) in [6.07, 6.45) is 1.80. The molecule has 2 aromatic heterocycles. The molecule has 0 aromatic carbocycles. The quantitative estimate of drug-likeness (QED) is 0.852. The van der Waals surface area contributed by atoms with Gasteiger partial charge in [-0.25, -0.2) is 9.97 Å². The SMILES string of the molecule is Cc1nc2nccc(N(C)CCN)c2s1. The van der Waals surface area contributed by atoms with Gasteiger partial charge in [0.1, 0.15) is 0 Å². The van der Waals surface area contributed by atoms with Gasteiger partial charge >= 0.3 is 0 Å². The van der Waals surface area contributed by atoms with Gasteiger partial charge in [-0.05, 0) is 13.0 Å². The van der Waals surface area contributed by atoms with Crippen LogP contribution >= 0.6 is 11.3 Å². The normalized spacial score (nSPS) is 10.9. The molecule has 0 bridgehead atoms. The maximum atomic E-state index is 5.55. The smallest absolute Gasteiger partial charge is 0.172 e. The van der Waals surface area contributed by atoms with E-state index in [4.69, 9.17) is 5.73 Å². The molecular formula is C10H14N4S. The van der Waals surface area contributed by atoms with Crippen molar-refractivity contribution < 1.29 is 0 Å². The minimum absolute atomic E-state index is 0.651. The lowest BCUT2D eigenvalue weighted by atomic mass is 10.3. The number of aryl methyl sites for hydroxylation is 1. The molecule has 5 heteroatoms. The molecule has 0 saturated carbocycles. The Balaban J connectivity index is 2.50. The average Bonchev–Trinajstić information content (AvgIpc) is 2.57. The fourth-order valence-corrected chi connectivity index (χ4v) is 2.48. The van der Waals surface area contributed by atoms with Gasteiger partial charge in [0.25, 0.3) is 0 Å². The number of rotatable bonds is 3. The Morgan fingerprint density at radius 3 is 3.07 bits per heavy atom. The molecule has 0 amide bonds. The molecule has 2 rings (SSSR count). The highest BCUT2D eigenvalue weighted by Gasteiger charge is 2.09. The number of thiazole rings is 1. The Kier molecular flexibility index (Phi) is 2.83. The number of aromatic nitrogens is 2. The highest BCUT2D eigenvalue weighted by Crippen LogP contribution is 2.29. The molecule has 15 heavy (non-hydrogen) atoms. The van der Waals surface area contributed by atoms with Gasteiger partial charge in [-0.15, -0.1) is 11.3 Å². The number of hydrogen-bond donors (Lipinski definition) is 1. The van der Waals surface area contributed by atoms with Crippen LogP contribution in [0, 0.1) is 6.92 Å². The van der Waals surface area contributed by atoms with Crippen LogP contribution in [-0.2, 0) is 0 Å². The zero-order chi connectivity index (χ0) is 10.8. The average molecular weight is 222 g/mol. The van der Waals surface area contributed by atoms with Crippen LogP contribution in [-0.4, -0.2) is 30.1 Å². The van der Waals surface area contributed by atoms with Crippen molar-refractivity contribution in [2.75, 3.05) is 25.0 Å². The first kappa shape index (κ1) is 10.3. The van der Waals surface area contributed by atoms with E-state index in [0.29, 0.717) is 6.54 Å². The number of nitrogens with zero attached hydrogens (tertiary/aromatic N) is 3. The number of fused-ring (bicyclic) bond motifs is 1. The minimum Gasteiger partial charge on any atom is -0.372 e. The van der Waals surface area contributed by atoms with E-state index in [1.54, 1.807) is 17.5 Å². The van der Waals surface area contributed by atoms with Crippen molar-refractivity contribution >= 4 is 27.4 Å². The molecule has 0 aliphatic heterocycles. The zero-order valence-corrected chi connectivity index (χ0v) is 9.71. The second-order valence-electron chi connectivity index (χ2n) is 3.43. The summed E-state index contributed by atoms with van der Waals surface area (Å²) in [5.74, 6) is 0. The molecule has 0 spiro atoms. The number of likely N-dealkylation sites (N-methyl/N-ethyl adjacent to an activating group) is 1. The summed E-state index contributed by atoms with van der Waals surface area (Å²) in [6.45, 7) is 3.49. The third kappa shape index (κ3) is 1.93. The molecule has 0 unspecified atom stereocenters. The fraction of sp³-hybridized carbons (Fsp3) is 0.400. The van der Waals surface area contributed by atoms with Crippen LogP contribution in [0.5, 0.6) is 0 Å². The third-order valence-corrected chi connectivity index (χ3v) is 3.24. The van der Waals surface area contributed by atoms with Crippen molar-refractivity contribution in [2.24, 2.45) is 5.73 Å². The molecular weight excluding hydrogens is 208 g/mol. The molecule has 4 nitrogen and oxygen atoms in total. The van der Waals surface area contributed by atoms with Crippen LogP contribution in [0.3, 0.4) is 0 Å². The maximum absolute atomic E-state index is 5.55. The van der Waals surface area contributed by atoms with E-state index in [1.165, 1.54) is 0 Å². The highest BCUT2D eigenvalue weighted by molar-refractivity contribution is 7.19. The van der Waals surface area contributed by atoms with Gasteiger partial charge in [0.05, 0.1) is 15.4 Å². The first-order valence-electron chi connectivity index (χ1n) is 4.85. The molecule has 2 N–H and O–H groups in total. The zero-order valence-electron chi connectivity index (χ0n) is 8.90. The van der Waals surface area contributed by atoms with Gasteiger partial charge in [-0.2, -0.15) is 0 Å². The number of nitrogens with two attached hydrogens (primary N) is 1. The standard InChI is InChI=1S/C10H14N4S/c1-7-13-10-9(15-7)8(3-5-12-10)14(2)6-4-11/h3,5H,4,6,11H2,1-2H3. The number of pyridine rings is 1. The molecule has 0 aliphatic carbocycles. The van der Waals surface area contributed by atoms with E-state index >= 15 is 0 Å². The number of anilines is 1. The topological polar surface area (TPSA) is 55.0 Å². The molecule has 2 heterocycles. The van der Waals surface area contributed by atoms with Crippen molar-refractivity contribution in [1.82, 2.24) is 9.97 Å². The summed E-state index contributed by atoms with van der Waals surface area (Å²) < 4.78 is 1.14. The predicted octanol–water partition coefficient (Wildman–Crippen LogP) is 1.39. The Bertz CT molecular complexity index is 465. The lowest BCUT2D eigenvalue weighted by Crippen LogP contribution is -2.24. The summed E-state index contributed by atoms with van der Waals surface area (Å²) in [5.41, 5.74) is 7.54. The van der Waals surface area contributed by atoms with Gasteiger partial charge in [-0.1, -0.05) is 0 Å². The van der Waals surface area contributed by atoms with Crippen LogP contribution in [0.15, 0.2) is 12.3 Å². The highest BCUT2D eigenvalue weighted by atomic mass is 32.1. The largest absolute Gasteiger partial charge is 0.372 e. The van der Waals surface area contributed by atoms with Crippen LogP contribution in [0.4, 0.5) is 5.69 Å². The second kappa shape index (κ2) is 4.12. The molecule has 2 aromatic rings. The molecule has 80 valence electrons. The minimum atomic E-state index is 0.651. The lowest BCUT2D eigenvalue weighted by molar-refractivity contribution is 0.889. The van der Waals surface area contributed by atoms with E-state index < -0.39 is 0 Å². The van der Waals surface area contributed by atoms with Crippen LogP contribution < -0.4 is 10.6 Å². The van der Waals surface area contributed by atoms with Crippen molar-refractivity contribution in [2.45, 2.75) is 6.92 Å². The van der Waals surface area contributed by atoms with Crippen molar-refractivity contribution in [3.05, 3.63) is 17.3 Å². The summed E-state index contributed by atoms with van der Waals surface area (Å²) in [5, 5.41) is 1.05. The van der Waals surface area contributed by atoms with E-state index in [9.17, 15) is 0 Å². The van der Waals surface area contributed by atoms with Gasteiger partial charge < -0.3 is 10.6 Å². The first-order chi connectivity index (χ1) is 7.22. The van der Waals surface area contributed by atoms with Gasteiger partial charge in [0.2, 0.25) is 0 Å². The van der Waals surface area contributed by atoms with E-state index in [0.717, 1.165) is 27.6 Å². The van der Waals surface area contributed by atoms with Gasteiger partial charge in [0.15, 0.2) is 5.65 Å². The molecule has 0 atom stereocenters. The molecule has 0 radical (unpaired) electrons. The summed E-state index contributed by atoms with van der Waals surface area (Å²) in [6, 6.07) is 2.01.